The van der Waals surface area contributed by atoms with Gasteiger partial charge >= 0.3 is 0 Å². The molecular formula is C25H27N3O3. The molecule has 5 rings (SSSR count). The molecule has 6 heteroatoms. The minimum Gasteiger partial charge on any atom is -0.486 e. The monoisotopic (exact) mass is 417 g/mol. The standard InChI is InChI=1S/C25H27N3O3/c1-18(20-9-10-22-23(16-20)31-15-14-30-22)26-24(29)17-28-13-12-27-11-5-8-21(27)25(28)19-6-3-2-4-7-19/h2-11,16,18,25H,12-15,17H2,1H3,(H,26,29)/t18-,25+/m1/s1. The van der Waals surface area contributed by atoms with Crippen molar-refractivity contribution >= 4 is 5.91 Å². The number of carbonyl (C=O) groups excluding carboxylic acids is 1. The third kappa shape index (κ3) is 4.03. The van der Waals surface area contributed by atoms with Crippen molar-refractivity contribution in [2.45, 2.75) is 25.6 Å². The van der Waals surface area contributed by atoms with Crippen LogP contribution in [0.1, 0.15) is 35.8 Å². The van der Waals surface area contributed by atoms with Crippen molar-refractivity contribution < 1.29 is 14.3 Å². The van der Waals surface area contributed by atoms with Crippen molar-refractivity contribution in [3.63, 3.8) is 0 Å². The van der Waals surface area contributed by atoms with E-state index in [1.54, 1.807) is 0 Å². The van der Waals surface area contributed by atoms with Crippen molar-refractivity contribution in [1.29, 1.82) is 0 Å². The first-order chi connectivity index (χ1) is 15.2. The Bertz CT molecular complexity index is 1060. The summed E-state index contributed by atoms with van der Waals surface area (Å²) in [6.45, 7) is 5.18. The summed E-state index contributed by atoms with van der Waals surface area (Å²) >= 11 is 0. The minimum atomic E-state index is -0.118. The molecule has 1 N–H and O–H groups in total. The summed E-state index contributed by atoms with van der Waals surface area (Å²) in [5.41, 5.74) is 3.43. The Labute approximate surface area is 182 Å². The van der Waals surface area contributed by atoms with E-state index in [2.05, 4.69) is 57.4 Å². The van der Waals surface area contributed by atoms with Gasteiger partial charge in [0.2, 0.25) is 5.91 Å². The van der Waals surface area contributed by atoms with Crippen LogP contribution in [0, 0.1) is 0 Å². The number of rotatable bonds is 5. The Hall–Kier alpha value is -3.25. The quantitative estimate of drug-likeness (QED) is 0.690. The largest absolute Gasteiger partial charge is 0.486 e. The topological polar surface area (TPSA) is 55.7 Å². The molecule has 1 aromatic heterocycles. The fourth-order valence-electron chi connectivity index (χ4n) is 4.50. The Morgan fingerprint density at radius 1 is 1.03 bits per heavy atom. The lowest BCUT2D eigenvalue weighted by atomic mass is 10.00. The first kappa shape index (κ1) is 19.7. The SMILES string of the molecule is C[C@@H](NC(=O)CN1CCn2cccc2[C@@H]1c1ccccc1)c1ccc2c(c1)OCCO2. The Morgan fingerprint density at radius 3 is 2.68 bits per heavy atom. The average Bonchev–Trinajstić information content (AvgIpc) is 3.28. The number of aromatic nitrogens is 1. The van der Waals surface area contributed by atoms with Gasteiger partial charge in [0.15, 0.2) is 11.5 Å². The fraction of sp³-hybridized carbons (Fsp3) is 0.320. The van der Waals surface area contributed by atoms with E-state index in [9.17, 15) is 4.79 Å². The highest BCUT2D eigenvalue weighted by Gasteiger charge is 2.30. The second-order valence-corrected chi connectivity index (χ2v) is 8.10. The molecule has 0 fully saturated rings. The summed E-state index contributed by atoms with van der Waals surface area (Å²) in [5, 5.41) is 3.16. The lowest BCUT2D eigenvalue weighted by Gasteiger charge is -2.37. The average molecular weight is 418 g/mol. The van der Waals surface area contributed by atoms with Gasteiger partial charge in [0.05, 0.1) is 18.6 Å². The van der Waals surface area contributed by atoms with Gasteiger partial charge in [0.1, 0.15) is 13.2 Å². The maximum atomic E-state index is 13.0. The van der Waals surface area contributed by atoms with Crippen LogP contribution in [0.4, 0.5) is 0 Å². The lowest BCUT2D eigenvalue weighted by molar-refractivity contribution is -0.123. The highest BCUT2D eigenvalue weighted by molar-refractivity contribution is 5.78. The molecule has 0 bridgehead atoms. The molecule has 160 valence electrons. The van der Waals surface area contributed by atoms with E-state index in [1.165, 1.54) is 11.3 Å². The number of hydrogen-bond donors (Lipinski definition) is 1. The van der Waals surface area contributed by atoms with Crippen molar-refractivity contribution in [2.24, 2.45) is 0 Å². The van der Waals surface area contributed by atoms with Crippen LogP contribution in [-0.2, 0) is 11.3 Å². The predicted molar refractivity (Wildman–Crippen MR) is 118 cm³/mol. The summed E-state index contributed by atoms with van der Waals surface area (Å²) in [7, 11) is 0. The zero-order chi connectivity index (χ0) is 21.2. The van der Waals surface area contributed by atoms with Gasteiger partial charge in [-0.3, -0.25) is 9.69 Å². The zero-order valence-electron chi connectivity index (χ0n) is 17.7. The molecule has 0 aliphatic carbocycles. The molecule has 2 aromatic carbocycles. The van der Waals surface area contributed by atoms with Gasteiger partial charge in [-0.25, -0.2) is 0 Å². The number of fused-ring (bicyclic) bond motifs is 2. The molecule has 0 radical (unpaired) electrons. The van der Waals surface area contributed by atoms with Crippen molar-refractivity contribution in [3.05, 3.63) is 83.7 Å². The number of carbonyl (C=O) groups is 1. The molecule has 1 amide bonds. The Kier molecular flexibility index (Phi) is 5.38. The van der Waals surface area contributed by atoms with Crippen molar-refractivity contribution in [1.82, 2.24) is 14.8 Å². The number of nitrogens with zero attached hydrogens (tertiary/aromatic N) is 2. The van der Waals surface area contributed by atoms with Gasteiger partial charge in [-0.05, 0) is 42.3 Å². The predicted octanol–water partition coefficient (Wildman–Crippen LogP) is 3.54. The van der Waals surface area contributed by atoms with Crippen LogP contribution < -0.4 is 14.8 Å². The van der Waals surface area contributed by atoms with Crippen LogP contribution in [-0.4, -0.2) is 41.7 Å². The summed E-state index contributed by atoms with van der Waals surface area (Å²) in [4.78, 5) is 15.3. The first-order valence-corrected chi connectivity index (χ1v) is 10.8. The number of benzene rings is 2. The number of nitrogens with one attached hydrogen (secondary N) is 1. The molecule has 3 aromatic rings. The van der Waals surface area contributed by atoms with E-state index in [0.29, 0.717) is 19.8 Å². The Morgan fingerprint density at radius 2 is 1.84 bits per heavy atom. The van der Waals surface area contributed by atoms with E-state index < -0.39 is 0 Å². The minimum absolute atomic E-state index is 0.0170. The summed E-state index contributed by atoms with van der Waals surface area (Å²) in [6, 6.07) is 20.4. The van der Waals surface area contributed by atoms with Gasteiger partial charge in [0.25, 0.3) is 0 Å². The normalized spacial score (nSPS) is 18.8. The van der Waals surface area contributed by atoms with Gasteiger partial charge < -0.3 is 19.4 Å². The van der Waals surface area contributed by atoms with E-state index in [4.69, 9.17) is 9.47 Å². The molecule has 0 saturated heterocycles. The second-order valence-electron chi connectivity index (χ2n) is 8.10. The fourth-order valence-corrected chi connectivity index (χ4v) is 4.50. The van der Waals surface area contributed by atoms with Crippen LogP contribution in [0.3, 0.4) is 0 Å². The molecule has 2 aliphatic rings. The van der Waals surface area contributed by atoms with Gasteiger partial charge in [-0.1, -0.05) is 36.4 Å². The Balaban J connectivity index is 1.30. The highest BCUT2D eigenvalue weighted by atomic mass is 16.6. The third-order valence-electron chi connectivity index (χ3n) is 6.04. The van der Waals surface area contributed by atoms with Crippen LogP contribution in [0.15, 0.2) is 66.9 Å². The van der Waals surface area contributed by atoms with E-state index in [-0.39, 0.29) is 18.0 Å². The summed E-state index contributed by atoms with van der Waals surface area (Å²) < 4.78 is 13.6. The van der Waals surface area contributed by atoms with Crippen molar-refractivity contribution in [3.8, 4) is 11.5 Å². The zero-order valence-corrected chi connectivity index (χ0v) is 17.7. The van der Waals surface area contributed by atoms with E-state index in [1.807, 2.05) is 31.2 Å². The third-order valence-corrected chi connectivity index (χ3v) is 6.04. The first-order valence-electron chi connectivity index (χ1n) is 10.8. The number of amides is 1. The summed E-state index contributed by atoms with van der Waals surface area (Å²) in [5.74, 6) is 1.52. The number of ether oxygens (including phenoxy) is 2. The van der Waals surface area contributed by atoms with Crippen molar-refractivity contribution in [2.75, 3.05) is 26.3 Å². The van der Waals surface area contributed by atoms with Crippen LogP contribution in [0.5, 0.6) is 11.5 Å². The van der Waals surface area contributed by atoms with Gasteiger partial charge in [-0.15, -0.1) is 0 Å². The van der Waals surface area contributed by atoms with Crippen LogP contribution in [0.2, 0.25) is 0 Å². The van der Waals surface area contributed by atoms with Crippen LogP contribution >= 0.6 is 0 Å². The van der Waals surface area contributed by atoms with Gasteiger partial charge in [0, 0.05) is 25.0 Å². The highest BCUT2D eigenvalue weighted by Crippen LogP contribution is 2.33. The molecule has 0 unspecified atom stereocenters. The molecule has 0 saturated carbocycles. The molecule has 2 aliphatic heterocycles. The van der Waals surface area contributed by atoms with E-state index >= 15 is 0 Å². The van der Waals surface area contributed by atoms with E-state index in [0.717, 1.165) is 30.2 Å². The molecule has 31 heavy (non-hydrogen) atoms. The molecule has 0 spiro atoms. The maximum absolute atomic E-state index is 13.0. The summed E-state index contributed by atoms with van der Waals surface area (Å²) in [6.07, 6.45) is 2.12. The van der Waals surface area contributed by atoms with Gasteiger partial charge in [-0.2, -0.15) is 0 Å². The second kappa shape index (κ2) is 8.47. The molecule has 2 atom stereocenters. The molecule has 6 nitrogen and oxygen atoms in total. The lowest BCUT2D eigenvalue weighted by Crippen LogP contribution is -2.44. The number of hydrogen-bond acceptors (Lipinski definition) is 4. The molecular weight excluding hydrogens is 390 g/mol. The maximum Gasteiger partial charge on any atom is 0.234 e. The van der Waals surface area contributed by atoms with Crippen LogP contribution in [0.25, 0.3) is 0 Å². The molecule has 3 heterocycles. The smallest absolute Gasteiger partial charge is 0.234 e.